The number of nitrogens with one attached hydrogen (secondary N) is 2. The maximum atomic E-state index is 11.8. The first-order chi connectivity index (χ1) is 11.2. The Kier molecular flexibility index (Phi) is 4.75. The van der Waals surface area contributed by atoms with Gasteiger partial charge in [0.1, 0.15) is 11.6 Å². The Labute approximate surface area is 135 Å². The van der Waals surface area contributed by atoms with Crippen LogP contribution in [-0.4, -0.2) is 29.3 Å². The van der Waals surface area contributed by atoms with Crippen LogP contribution < -0.4 is 15.5 Å². The third kappa shape index (κ3) is 4.21. The minimum atomic E-state index is -0.321. The van der Waals surface area contributed by atoms with Gasteiger partial charge in [-0.15, -0.1) is 0 Å². The van der Waals surface area contributed by atoms with Gasteiger partial charge in [-0.3, -0.25) is 5.32 Å². The second-order valence-corrected chi connectivity index (χ2v) is 5.70. The average molecular weight is 315 g/mol. The summed E-state index contributed by atoms with van der Waals surface area (Å²) in [6.07, 6.45) is 5.57. The van der Waals surface area contributed by atoms with Gasteiger partial charge in [0.05, 0.1) is 0 Å². The molecule has 0 aromatic carbocycles. The summed E-state index contributed by atoms with van der Waals surface area (Å²) in [5.74, 6) is 2.06. The van der Waals surface area contributed by atoms with E-state index in [2.05, 4.69) is 25.7 Å². The molecule has 3 heterocycles. The molecule has 1 saturated heterocycles. The molecule has 0 spiro atoms. The molecule has 0 saturated carbocycles. The van der Waals surface area contributed by atoms with Crippen LogP contribution in [0.1, 0.15) is 30.6 Å². The summed E-state index contributed by atoms with van der Waals surface area (Å²) in [6, 6.07) is 5.35. The monoisotopic (exact) mass is 315 g/mol. The smallest absolute Gasteiger partial charge is 0.320 e. The zero-order valence-electron chi connectivity index (χ0n) is 13.2. The van der Waals surface area contributed by atoms with E-state index in [1.54, 1.807) is 13.0 Å². The number of rotatable bonds is 4. The predicted octanol–water partition coefficient (Wildman–Crippen LogP) is 2.69. The molecule has 0 aliphatic carbocycles. The van der Waals surface area contributed by atoms with Gasteiger partial charge in [0.2, 0.25) is 0 Å². The van der Waals surface area contributed by atoms with Crippen LogP contribution in [0.4, 0.5) is 16.4 Å². The molecule has 2 aromatic heterocycles. The number of nitrogens with zero attached hydrogens (tertiary/aromatic N) is 3. The molecule has 0 bridgehead atoms. The Morgan fingerprint density at radius 2 is 2.13 bits per heavy atom. The third-order valence-electron chi connectivity index (χ3n) is 3.81. The van der Waals surface area contributed by atoms with Crippen LogP contribution in [0.15, 0.2) is 28.9 Å². The van der Waals surface area contributed by atoms with Gasteiger partial charge in [-0.2, -0.15) is 0 Å². The lowest BCUT2D eigenvalue weighted by atomic mass is 10.1. The number of urea groups is 1. The van der Waals surface area contributed by atoms with E-state index in [9.17, 15) is 4.79 Å². The number of carbonyl (C=O) groups is 1. The van der Waals surface area contributed by atoms with Gasteiger partial charge >= 0.3 is 6.03 Å². The lowest BCUT2D eigenvalue weighted by molar-refractivity contribution is 0.251. The number of hydrogen-bond donors (Lipinski definition) is 2. The Morgan fingerprint density at radius 3 is 2.78 bits per heavy atom. The zero-order chi connectivity index (χ0) is 16.1. The van der Waals surface area contributed by atoms with Gasteiger partial charge < -0.3 is 14.7 Å². The fourth-order valence-corrected chi connectivity index (χ4v) is 2.60. The average Bonchev–Trinajstić information content (AvgIpc) is 2.99. The quantitative estimate of drug-likeness (QED) is 0.906. The minimum absolute atomic E-state index is 0.321. The summed E-state index contributed by atoms with van der Waals surface area (Å²) >= 11 is 0. The SMILES string of the molecule is Cc1cc(NC(=O)NCc2ccc(N3CCCCC3)nc2)no1. The molecule has 122 valence electrons. The molecular weight excluding hydrogens is 294 g/mol. The van der Waals surface area contributed by atoms with Crippen molar-refractivity contribution >= 4 is 17.7 Å². The van der Waals surface area contributed by atoms with Crippen LogP contribution in [-0.2, 0) is 6.54 Å². The number of carbonyl (C=O) groups excluding carboxylic acids is 1. The van der Waals surface area contributed by atoms with Gasteiger partial charge in [0, 0.05) is 31.9 Å². The maximum absolute atomic E-state index is 11.8. The summed E-state index contributed by atoms with van der Waals surface area (Å²) in [7, 11) is 0. The van der Waals surface area contributed by atoms with E-state index in [0.717, 1.165) is 24.5 Å². The minimum Gasteiger partial charge on any atom is -0.360 e. The van der Waals surface area contributed by atoms with Crippen LogP contribution in [0, 0.1) is 6.92 Å². The van der Waals surface area contributed by atoms with E-state index < -0.39 is 0 Å². The van der Waals surface area contributed by atoms with E-state index >= 15 is 0 Å². The van der Waals surface area contributed by atoms with Crippen LogP contribution in [0.25, 0.3) is 0 Å². The predicted molar refractivity (Wildman–Crippen MR) is 87.4 cm³/mol. The Balaban J connectivity index is 1.49. The molecule has 2 amide bonds. The molecular formula is C16H21N5O2. The first-order valence-corrected chi connectivity index (χ1v) is 7.89. The number of aryl methyl sites for hydroxylation is 1. The van der Waals surface area contributed by atoms with Crippen molar-refractivity contribution in [3.8, 4) is 0 Å². The summed E-state index contributed by atoms with van der Waals surface area (Å²) in [4.78, 5) is 18.6. The van der Waals surface area contributed by atoms with Crippen molar-refractivity contribution in [2.24, 2.45) is 0 Å². The van der Waals surface area contributed by atoms with E-state index in [0.29, 0.717) is 18.1 Å². The lowest BCUT2D eigenvalue weighted by Gasteiger charge is -2.27. The molecule has 0 atom stereocenters. The number of anilines is 2. The van der Waals surface area contributed by atoms with Crippen LogP contribution >= 0.6 is 0 Å². The second-order valence-electron chi connectivity index (χ2n) is 5.70. The van der Waals surface area contributed by atoms with Crippen molar-refractivity contribution in [3.05, 3.63) is 35.7 Å². The fourth-order valence-electron chi connectivity index (χ4n) is 2.60. The van der Waals surface area contributed by atoms with Gasteiger partial charge in [-0.05, 0) is 37.8 Å². The highest BCUT2D eigenvalue weighted by molar-refractivity contribution is 5.88. The molecule has 0 radical (unpaired) electrons. The summed E-state index contributed by atoms with van der Waals surface area (Å²) in [5.41, 5.74) is 0.956. The number of piperidine rings is 1. The first-order valence-electron chi connectivity index (χ1n) is 7.89. The lowest BCUT2D eigenvalue weighted by Crippen LogP contribution is -2.30. The van der Waals surface area contributed by atoms with Gasteiger partial charge in [0.25, 0.3) is 0 Å². The molecule has 2 N–H and O–H groups in total. The Hall–Kier alpha value is -2.57. The van der Waals surface area contributed by atoms with Crippen LogP contribution in [0.3, 0.4) is 0 Å². The van der Waals surface area contributed by atoms with Gasteiger partial charge in [-0.1, -0.05) is 11.2 Å². The standard InChI is InChI=1S/C16H21N5O2/c1-12-9-14(20-23-12)19-16(22)18-11-13-5-6-15(17-10-13)21-7-3-2-4-8-21/h5-6,9-10H,2-4,7-8,11H2,1H3,(H2,18,19,20,22). The molecule has 7 heteroatoms. The van der Waals surface area contributed by atoms with Crippen molar-refractivity contribution in [2.75, 3.05) is 23.3 Å². The first kappa shape index (κ1) is 15.3. The molecule has 0 unspecified atom stereocenters. The normalized spacial score (nSPS) is 14.6. The summed E-state index contributed by atoms with van der Waals surface area (Å²) in [6.45, 7) is 4.33. The number of pyridine rings is 1. The number of aromatic nitrogens is 2. The largest absolute Gasteiger partial charge is 0.360 e. The van der Waals surface area contributed by atoms with Crippen LogP contribution in [0.5, 0.6) is 0 Å². The highest BCUT2D eigenvalue weighted by atomic mass is 16.5. The number of hydrogen-bond acceptors (Lipinski definition) is 5. The van der Waals surface area contributed by atoms with E-state index in [4.69, 9.17) is 4.52 Å². The van der Waals surface area contributed by atoms with Crippen LogP contribution in [0.2, 0.25) is 0 Å². The zero-order valence-corrected chi connectivity index (χ0v) is 13.2. The Morgan fingerprint density at radius 1 is 1.30 bits per heavy atom. The van der Waals surface area contributed by atoms with Gasteiger partial charge in [0.15, 0.2) is 5.82 Å². The van der Waals surface area contributed by atoms with Crippen molar-refractivity contribution < 1.29 is 9.32 Å². The molecule has 1 aliphatic heterocycles. The van der Waals surface area contributed by atoms with E-state index in [1.807, 2.05) is 18.3 Å². The summed E-state index contributed by atoms with van der Waals surface area (Å²) < 4.78 is 4.89. The maximum Gasteiger partial charge on any atom is 0.320 e. The molecule has 23 heavy (non-hydrogen) atoms. The molecule has 7 nitrogen and oxygen atoms in total. The fraction of sp³-hybridized carbons (Fsp3) is 0.438. The second kappa shape index (κ2) is 7.13. The highest BCUT2D eigenvalue weighted by Crippen LogP contribution is 2.17. The van der Waals surface area contributed by atoms with E-state index in [1.165, 1.54) is 19.3 Å². The topological polar surface area (TPSA) is 83.3 Å². The van der Waals surface area contributed by atoms with Crippen molar-refractivity contribution in [1.29, 1.82) is 0 Å². The van der Waals surface area contributed by atoms with Crippen molar-refractivity contribution in [1.82, 2.24) is 15.5 Å². The molecule has 1 aliphatic rings. The molecule has 3 rings (SSSR count). The Bertz CT molecular complexity index is 647. The van der Waals surface area contributed by atoms with Crippen molar-refractivity contribution in [2.45, 2.75) is 32.7 Å². The highest BCUT2D eigenvalue weighted by Gasteiger charge is 2.12. The summed E-state index contributed by atoms with van der Waals surface area (Å²) in [5, 5.41) is 9.09. The number of amides is 2. The molecule has 2 aromatic rings. The third-order valence-corrected chi connectivity index (χ3v) is 3.81. The van der Waals surface area contributed by atoms with Gasteiger partial charge in [-0.25, -0.2) is 9.78 Å². The van der Waals surface area contributed by atoms with Crippen molar-refractivity contribution in [3.63, 3.8) is 0 Å². The molecule has 1 fully saturated rings. The van der Waals surface area contributed by atoms with E-state index in [-0.39, 0.29) is 6.03 Å².